The summed E-state index contributed by atoms with van der Waals surface area (Å²) in [6.45, 7) is 3.43. The fraction of sp³-hybridized carbons (Fsp3) is 0.600. The number of ether oxygens (including phenoxy) is 1. The van der Waals surface area contributed by atoms with Gasteiger partial charge in [-0.2, -0.15) is 0 Å². The molecule has 0 heterocycles. The first kappa shape index (κ1) is 15.6. The van der Waals surface area contributed by atoms with Crippen LogP contribution in [0.15, 0.2) is 18.2 Å². The molecule has 1 fully saturated rings. The van der Waals surface area contributed by atoms with Crippen molar-refractivity contribution in [3.8, 4) is 5.75 Å². The van der Waals surface area contributed by atoms with E-state index in [1.807, 2.05) is 6.92 Å². The Balaban J connectivity index is 2.06. The first-order valence-electron chi connectivity index (χ1n) is 7.35. The van der Waals surface area contributed by atoms with E-state index in [2.05, 4.69) is 5.32 Å². The van der Waals surface area contributed by atoms with E-state index in [-0.39, 0.29) is 17.7 Å². The van der Waals surface area contributed by atoms with E-state index >= 15 is 0 Å². The Morgan fingerprint density at radius 2 is 2.19 bits per heavy atom. The molecule has 2 N–H and O–H groups in total. The van der Waals surface area contributed by atoms with Crippen molar-refractivity contribution in [1.82, 2.24) is 0 Å². The van der Waals surface area contributed by atoms with Gasteiger partial charge in [-0.1, -0.05) is 6.92 Å². The van der Waals surface area contributed by atoms with Crippen LogP contribution in [-0.4, -0.2) is 29.8 Å². The topological polar surface area (TPSA) is 84.6 Å². The van der Waals surface area contributed by atoms with Crippen LogP contribution in [0.2, 0.25) is 0 Å². The minimum Gasteiger partial charge on any atom is -0.493 e. The molecule has 0 bridgehead atoms. The number of nitrogens with zero attached hydrogens (tertiary/aromatic N) is 1. The van der Waals surface area contributed by atoms with E-state index in [4.69, 9.17) is 9.84 Å². The largest absolute Gasteiger partial charge is 0.493 e. The molecule has 0 radical (unpaired) electrons. The highest BCUT2D eigenvalue weighted by Crippen LogP contribution is 2.48. The van der Waals surface area contributed by atoms with E-state index in [1.54, 1.807) is 6.07 Å². The van der Waals surface area contributed by atoms with Gasteiger partial charge in [0.15, 0.2) is 0 Å². The maximum absolute atomic E-state index is 11.0. The van der Waals surface area contributed by atoms with E-state index in [0.29, 0.717) is 18.0 Å². The summed E-state index contributed by atoms with van der Waals surface area (Å²) < 4.78 is 5.50. The van der Waals surface area contributed by atoms with Crippen LogP contribution in [0.4, 0.5) is 11.4 Å². The number of hydrogen-bond donors (Lipinski definition) is 2. The third-order valence-electron chi connectivity index (χ3n) is 3.84. The number of nitro benzene ring substituents is 1. The standard InChI is InChI=1S/C15H22N2O4/c1-2-7-21-14-9-12(8-13(10-14)17(19)20)16-11-15(3-4-15)5-6-18/h8-10,16,18H,2-7,11H2,1H3. The number of nitrogens with one attached hydrogen (secondary N) is 1. The maximum atomic E-state index is 11.0. The second kappa shape index (κ2) is 6.76. The van der Waals surface area contributed by atoms with Gasteiger partial charge in [-0.15, -0.1) is 0 Å². The molecule has 6 nitrogen and oxygen atoms in total. The van der Waals surface area contributed by atoms with Gasteiger partial charge in [0.25, 0.3) is 5.69 Å². The lowest BCUT2D eigenvalue weighted by atomic mass is 10.0. The molecule has 1 saturated carbocycles. The predicted octanol–water partition coefficient (Wildman–Crippen LogP) is 2.96. The van der Waals surface area contributed by atoms with Crippen molar-refractivity contribution in [1.29, 1.82) is 0 Å². The lowest BCUT2D eigenvalue weighted by Gasteiger charge is -2.16. The molecule has 0 spiro atoms. The van der Waals surface area contributed by atoms with E-state index < -0.39 is 4.92 Å². The molecule has 1 aromatic carbocycles. The molecule has 1 aliphatic rings. The van der Waals surface area contributed by atoms with Crippen LogP contribution in [0.5, 0.6) is 5.75 Å². The normalized spacial score (nSPS) is 15.5. The molecule has 0 saturated heterocycles. The van der Waals surface area contributed by atoms with Gasteiger partial charge < -0.3 is 15.2 Å². The zero-order valence-corrected chi connectivity index (χ0v) is 12.3. The van der Waals surface area contributed by atoms with Gasteiger partial charge in [-0.3, -0.25) is 10.1 Å². The molecule has 0 aromatic heterocycles. The van der Waals surface area contributed by atoms with Gasteiger partial charge >= 0.3 is 0 Å². The highest BCUT2D eigenvalue weighted by atomic mass is 16.6. The van der Waals surface area contributed by atoms with Crippen LogP contribution >= 0.6 is 0 Å². The first-order chi connectivity index (χ1) is 10.1. The summed E-state index contributed by atoms with van der Waals surface area (Å²) in [4.78, 5) is 10.6. The van der Waals surface area contributed by atoms with Crippen LogP contribution in [0.1, 0.15) is 32.6 Å². The number of hydrogen-bond acceptors (Lipinski definition) is 5. The Labute approximate surface area is 124 Å². The third-order valence-corrected chi connectivity index (χ3v) is 3.84. The zero-order valence-electron chi connectivity index (χ0n) is 12.3. The second-order valence-corrected chi connectivity index (χ2v) is 5.65. The highest BCUT2D eigenvalue weighted by Gasteiger charge is 2.41. The summed E-state index contributed by atoms with van der Waals surface area (Å²) in [7, 11) is 0. The number of aliphatic hydroxyl groups excluding tert-OH is 1. The second-order valence-electron chi connectivity index (χ2n) is 5.65. The zero-order chi connectivity index (χ0) is 15.3. The minimum absolute atomic E-state index is 0.0260. The molecular formula is C15H22N2O4. The Morgan fingerprint density at radius 1 is 1.43 bits per heavy atom. The van der Waals surface area contributed by atoms with Crippen molar-refractivity contribution in [3.05, 3.63) is 28.3 Å². The molecule has 21 heavy (non-hydrogen) atoms. The Kier molecular flexibility index (Phi) is 5.01. The smallest absolute Gasteiger partial charge is 0.275 e. The average Bonchev–Trinajstić information content (AvgIpc) is 3.23. The average molecular weight is 294 g/mol. The van der Waals surface area contributed by atoms with Gasteiger partial charge in [0, 0.05) is 31.0 Å². The Morgan fingerprint density at radius 3 is 2.76 bits per heavy atom. The molecule has 2 rings (SSSR count). The molecule has 1 aliphatic carbocycles. The summed E-state index contributed by atoms with van der Waals surface area (Å²) in [6.07, 6.45) is 3.81. The van der Waals surface area contributed by atoms with E-state index in [9.17, 15) is 10.1 Å². The van der Waals surface area contributed by atoms with Gasteiger partial charge in [-0.05, 0) is 31.1 Å². The van der Waals surface area contributed by atoms with Crippen molar-refractivity contribution in [2.75, 3.05) is 25.1 Å². The van der Waals surface area contributed by atoms with Gasteiger partial charge in [0.05, 0.1) is 17.6 Å². The summed E-state index contributed by atoms with van der Waals surface area (Å²) in [5.41, 5.74) is 0.877. The van der Waals surface area contributed by atoms with Crippen LogP contribution in [0, 0.1) is 15.5 Å². The maximum Gasteiger partial charge on any atom is 0.275 e. The molecule has 0 atom stereocenters. The highest BCUT2D eigenvalue weighted by molar-refractivity contribution is 5.56. The van der Waals surface area contributed by atoms with Crippen molar-refractivity contribution in [2.24, 2.45) is 5.41 Å². The Bertz CT molecular complexity index is 500. The SMILES string of the molecule is CCCOc1cc(NCC2(CCO)CC2)cc([N+](=O)[O-])c1. The van der Waals surface area contributed by atoms with E-state index in [1.165, 1.54) is 12.1 Å². The van der Waals surface area contributed by atoms with E-state index in [0.717, 1.165) is 32.2 Å². The number of aliphatic hydroxyl groups is 1. The minimum atomic E-state index is -0.412. The molecule has 6 heteroatoms. The molecule has 0 amide bonds. The molecule has 116 valence electrons. The summed E-state index contributed by atoms with van der Waals surface area (Å²) >= 11 is 0. The molecular weight excluding hydrogens is 272 g/mol. The number of nitro groups is 1. The first-order valence-corrected chi connectivity index (χ1v) is 7.35. The molecule has 1 aromatic rings. The number of benzene rings is 1. The Hall–Kier alpha value is -1.82. The third kappa shape index (κ3) is 4.32. The van der Waals surface area contributed by atoms with Gasteiger partial charge in [0.1, 0.15) is 5.75 Å². The monoisotopic (exact) mass is 294 g/mol. The summed E-state index contributed by atoms with van der Waals surface area (Å²) in [5, 5.41) is 23.3. The van der Waals surface area contributed by atoms with Crippen molar-refractivity contribution < 1.29 is 14.8 Å². The predicted molar refractivity (Wildman–Crippen MR) is 80.7 cm³/mol. The van der Waals surface area contributed by atoms with Crippen molar-refractivity contribution in [3.63, 3.8) is 0 Å². The lowest BCUT2D eigenvalue weighted by Crippen LogP contribution is -2.16. The fourth-order valence-electron chi connectivity index (χ4n) is 2.31. The van der Waals surface area contributed by atoms with Crippen LogP contribution in [0.3, 0.4) is 0 Å². The van der Waals surface area contributed by atoms with Crippen molar-refractivity contribution in [2.45, 2.75) is 32.6 Å². The quantitative estimate of drug-likeness (QED) is 0.540. The fourth-order valence-corrected chi connectivity index (χ4v) is 2.31. The van der Waals surface area contributed by atoms with Gasteiger partial charge in [-0.25, -0.2) is 0 Å². The summed E-state index contributed by atoms with van der Waals surface area (Å²) in [5.74, 6) is 0.514. The molecule has 0 unspecified atom stereocenters. The molecule has 0 aliphatic heterocycles. The lowest BCUT2D eigenvalue weighted by molar-refractivity contribution is -0.384. The number of non-ortho nitro benzene ring substituents is 1. The van der Waals surface area contributed by atoms with Crippen LogP contribution in [0.25, 0.3) is 0 Å². The summed E-state index contributed by atoms with van der Waals surface area (Å²) in [6, 6.07) is 4.76. The number of rotatable bonds is 9. The van der Waals surface area contributed by atoms with Crippen molar-refractivity contribution >= 4 is 11.4 Å². The van der Waals surface area contributed by atoms with Crippen LogP contribution in [-0.2, 0) is 0 Å². The van der Waals surface area contributed by atoms with Gasteiger partial charge in [0.2, 0.25) is 0 Å². The van der Waals surface area contributed by atoms with Crippen LogP contribution < -0.4 is 10.1 Å². The number of anilines is 1.